The Morgan fingerprint density at radius 1 is 1.06 bits per heavy atom. The van der Waals surface area contributed by atoms with Crippen molar-refractivity contribution in [2.75, 3.05) is 13.2 Å². The Balaban J connectivity index is 1.31. The zero-order chi connectivity index (χ0) is 22.1. The molecule has 0 saturated heterocycles. The van der Waals surface area contributed by atoms with E-state index in [1.54, 1.807) is 0 Å². The number of nitrogens with one attached hydrogen (secondary N) is 1. The smallest absolute Gasteiger partial charge is 0.316 e. The van der Waals surface area contributed by atoms with E-state index in [0.29, 0.717) is 6.61 Å². The van der Waals surface area contributed by atoms with Crippen molar-refractivity contribution in [1.82, 2.24) is 10.5 Å². The van der Waals surface area contributed by atoms with E-state index in [-0.39, 0.29) is 5.97 Å². The van der Waals surface area contributed by atoms with Crippen LogP contribution in [0.5, 0.6) is 0 Å². The van der Waals surface area contributed by atoms with Gasteiger partial charge in [-0.25, -0.2) is 0 Å². The highest BCUT2D eigenvalue weighted by Gasteiger charge is 2.52. The lowest BCUT2D eigenvalue weighted by atomic mass is 9.93. The minimum Gasteiger partial charge on any atom is -0.465 e. The first kappa shape index (κ1) is 21.0. The predicted octanol–water partition coefficient (Wildman–Crippen LogP) is 5.41. The zero-order valence-electron chi connectivity index (χ0n) is 18.8. The highest BCUT2D eigenvalue weighted by Crippen LogP contribution is 2.49. The second kappa shape index (κ2) is 8.55. The van der Waals surface area contributed by atoms with Gasteiger partial charge >= 0.3 is 5.97 Å². The molecule has 0 aliphatic heterocycles. The van der Waals surface area contributed by atoms with Gasteiger partial charge < -0.3 is 14.6 Å². The molecule has 0 spiro atoms. The fourth-order valence-electron chi connectivity index (χ4n) is 4.35. The molecule has 5 nitrogen and oxygen atoms in total. The first-order chi connectivity index (χ1) is 15.6. The number of nitrogens with zero attached hydrogens (tertiary/aromatic N) is 1. The highest BCUT2D eigenvalue weighted by molar-refractivity contribution is 5.87. The fraction of sp³-hybridized carbons (Fsp3) is 0.407. The Kier molecular flexibility index (Phi) is 5.60. The molecule has 0 unspecified atom stereocenters. The number of hydrogen-bond acceptors (Lipinski definition) is 5. The zero-order valence-corrected chi connectivity index (χ0v) is 18.8. The van der Waals surface area contributed by atoms with Crippen LogP contribution in [0.3, 0.4) is 0 Å². The van der Waals surface area contributed by atoms with Gasteiger partial charge in [-0.1, -0.05) is 53.7 Å². The summed E-state index contributed by atoms with van der Waals surface area (Å²) in [5.74, 6) is 1.59. The summed E-state index contributed by atoms with van der Waals surface area (Å²) in [5.41, 5.74) is 6.00. The Labute approximate surface area is 189 Å². The summed E-state index contributed by atoms with van der Waals surface area (Å²) in [6.07, 6.45) is 4.42. The molecular weight excluding hydrogens is 400 g/mol. The third kappa shape index (κ3) is 4.09. The molecule has 0 amide bonds. The van der Waals surface area contributed by atoms with Gasteiger partial charge in [0, 0.05) is 17.7 Å². The second-order valence-electron chi connectivity index (χ2n) is 9.11. The van der Waals surface area contributed by atoms with Crippen LogP contribution in [0.1, 0.15) is 49.4 Å². The van der Waals surface area contributed by atoms with Gasteiger partial charge in [0.1, 0.15) is 0 Å². The Hall–Kier alpha value is -2.92. The Bertz CT molecular complexity index is 1090. The number of aromatic nitrogens is 1. The van der Waals surface area contributed by atoms with Crippen molar-refractivity contribution in [3.8, 4) is 22.5 Å². The largest absolute Gasteiger partial charge is 0.465 e. The number of carbonyl (C=O) groups is 1. The molecule has 5 rings (SSSR count). The normalized spacial score (nSPS) is 16.7. The van der Waals surface area contributed by atoms with Gasteiger partial charge in [0.2, 0.25) is 0 Å². The van der Waals surface area contributed by atoms with E-state index in [2.05, 4.69) is 59.0 Å². The second-order valence-corrected chi connectivity index (χ2v) is 9.11. The van der Waals surface area contributed by atoms with Gasteiger partial charge in [-0.05, 0) is 68.7 Å². The lowest BCUT2D eigenvalue weighted by molar-refractivity contribution is -0.146. The average Bonchev–Trinajstić information content (AvgIpc) is 3.74. The molecule has 2 aliphatic rings. The lowest BCUT2D eigenvalue weighted by Gasteiger charge is -2.14. The number of hydrogen-bond donors (Lipinski definition) is 1. The van der Waals surface area contributed by atoms with Crippen molar-refractivity contribution in [1.29, 1.82) is 0 Å². The molecule has 0 atom stereocenters. The molecule has 1 aromatic heterocycles. The summed E-state index contributed by atoms with van der Waals surface area (Å²) >= 11 is 0. The molecule has 32 heavy (non-hydrogen) atoms. The Morgan fingerprint density at radius 2 is 1.69 bits per heavy atom. The number of benzene rings is 2. The van der Waals surface area contributed by atoms with Gasteiger partial charge in [0.05, 0.1) is 17.7 Å². The van der Waals surface area contributed by atoms with Gasteiger partial charge in [0.15, 0.2) is 5.76 Å². The maximum Gasteiger partial charge on any atom is 0.316 e. The average molecular weight is 431 g/mol. The van der Waals surface area contributed by atoms with Crippen LogP contribution in [0.25, 0.3) is 22.5 Å². The van der Waals surface area contributed by atoms with Crippen LogP contribution < -0.4 is 5.32 Å². The van der Waals surface area contributed by atoms with Gasteiger partial charge in [-0.2, -0.15) is 0 Å². The van der Waals surface area contributed by atoms with Crippen LogP contribution >= 0.6 is 0 Å². The molecule has 3 aromatic rings. The van der Waals surface area contributed by atoms with E-state index < -0.39 is 5.41 Å². The SMILES string of the molecule is CCOC(=O)C1(c2ccc(-c3ccc(-c4onc(C)c4CNCC4CC4)cc3)cc2)CC1. The molecule has 0 radical (unpaired) electrons. The van der Waals surface area contributed by atoms with Crippen molar-refractivity contribution < 1.29 is 14.1 Å². The summed E-state index contributed by atoms with van der Waals surface area (Å²) in [6, 6.07) is 16.7. The van der Waals surface area contributed by atoms with E-state index in [9.17, 15) is 4.79 Å². The van der Waals surface area contributed by atoms with Crippen LogP contribution in [0.2, 0.25) is 0 Å². The standard InChI is InChI=1S/C27H30N2O3/c1-3-31-26(30)27(14-15-27)23-12-10-21(11-13-23)20-6-8-22(9-7-20)25-24(18(2)29-32-25)17-28-16-19-4-5-19/h6-13,19,28H,3-5,14-17H2,1-2H3. The summed E-state index contributed by atoms with van der Waals surface area (Å²) < 4.78 is 11.0. The van der Waals surface area contributed by atoms with Crippen LogP contribution in [-0.4, -0.2) is 24.3 Å². The Morgan fingerprint density at radius 3 is 2.28 bits per heavy atom. The maximum absolute atomic E-state index is 12.3. The number of carbonyl (C=O) groups excluding carboxylic acids is 1. The van der Waals surface area contributed by atoms with E-state index >= 15 is 0 Å². The monoisotopic (exact) mass is 430 g/mol. The van der Waals surface area contributed by atoms with Crippen molar-refractivity contribution in [2.24, 2.45) is 5.92 Å². The van der Waals surface area contributed by atoms with Gasteiger partial charge in [-0.3, -0.25) is 4.79 Å². The maximum atomic E-state index is 12.3. The van der Waals surface area contributed by atoms with Crippen LogP contribution in [-0.2, 0) is 21.5 Å². The molecule has 166 valence electrons. The number of ether oxygens (including phenoxy) is 1. The molecule has 0 bridgehead atoms. The van der Waals surface area contributed by atoms with Crippen LogP contribution in [0.4, 0.5) is 0 Å². The summed E-state index contributed by atoms with van der Waals surface area (Å²) in [4.78, 5) is 12.3. The van der Waals surface area contributed by atoms with Crippen molar-refractivity contribution >= 4 is 5.97 Å². The summed E-state index contributed by atoms with van der Waals surface area (Å²) in [5, 5.41) is 7.74. The molecule has 2 fully saturated rings. The topological polar surface area (TPSA) is 64.4 Å². The quantitative estimate of drug-likeness (QED) is 0.460. The van der Waals surface area contributed by atoms with E-state index in [1.165, 1.54) is 12.8 Å². The molecule has 2 saturated carbocycles. The lowest BCUT2D eigenvalue weighted by Crippen LogP contribution is -2.23. The minimum atomic E-state index is -0.424. The van der Waals surface area contributed by atoms with E-state index in [0.717, 1.165) is 71.1 Å². The molecule has 1 heterocycles. The van der Waals surface area contributed by atoms with E-state index in [1.807, 2.05) is 13.8 Å². The third-order valence-electron chi connectivity index (χ3n) is 6.75. The van der Waals surface area contributed by atoms with Crippen molar-refractivity contribution in [3.05, 3.63) is 65.4 Å². The van der Waals surface area contributed by atoms with Crippen molar-refractivity contribution in [3.63, 3.8) is 0 Å². The first-order valence-corrected chi connectivity index (χ1v) is 11.6. The first-order valence-electron chi connectivity index (χ1n) is 11.6. The summed E-state index contributed by atoms with van der Waals surface area (Å²) in [7, 11) is 0. The summed E-state index contributed by atoms with van der Waals surface area (Å²) in [6.45, 7) is 6.13. The highest BCUT2D eigenvalue weighted by atomic mass is 16.5. The third-order valence-corrected chi connectivity index (χ3v) is 6.75. The van der Waals surface area contributed by atoms with Crippen LogP contribution in [0.15, 0.2) is 53.1 Å². The predicted molar refractivity (Wildman–Crippen MR) is 124 cm³/mol. The molecule has 2 aromatic carbocycles. The molecule has 5 heteroatoms. The number of esters is 1. The van der Waals surface area contributed by atoms with Crippen molar-refractivity contribution in [2.45, 2.75) is 51.5 Å². The minimum absolute atomic E-state index is 0.0955. The number of aryl methyl sites for hydroxylation is 1. The van der Waals surface area contributed by atoms with Gasteiger partial charge in [0.25, 0.3) is 0 Å². The van der Waals surface area contributed by atoms with Crippen LogP contribution in [0, 0.1) is 12.8 Å². The van der Waals surface area contributed by atoms with Gasteiger partial charge in [-0.15, -0.1) is 0 Å². The fourth-order valence-corrected chi connectivity index (χ4v) is 4.35. The molecule has 2 aliphatic carbocycles. The van der Waals surface area contributed by atoms with E-state index in [4.69, 9.17) is 9.26 Å². The molecular formula is C27H30N2O3. The molecule has 1 N–H and O–H groups in total. The number of rotatable bonds is 9.